The molecule has 1 amide bonds. The second kappa shape index (κ2) is 7.65. The van der Waals surface area contributed by atoms with Gasteiger partial charge in [-0.25, -0.2) is 8.42 Å². The van der Waals surface area contributed by atoms with E-state index in [1.165, 1.54) is 6.92 Å². The lowest BCUT2D eigenvalue weighted by atomic mass is 10.1. The molecule has 1 aliphatic rings. The van der Waals surface area contributed by atoms with E-state index in [2.05, 4.69) is 5.32 Å². The summed E-state index contributed by atoms with van der Waals surface area (Å²) in [5.41, 5.74) is -0.714. The van der Waals surface area contributed by atoms with E-state index >= 15 is 0 Å². The van der Waals surface area contributed by atoms with Crippen molar-refractivity contribution in [2.24, 2.45) is 5.92 Å². The smallest absolute Gasteiger partial charge is 0.416 e. The van der Waals surface area contributed by atoms with Gasteiger partial charge in [-0.15, -0.1) is 0 Å². The highest BCUT2D eigenvalue weighted by Gasteiger charge is 2.31. The van der Waals surface area contributed by atoms with Gasteiger partial charge >= 0.3 is 12.1 Å². The molecule has 1 heterocycles. The minimum Gasteiger partial charge on any atom is -0.453 e. The highest BCUT2D eigenvalue weighted by Crippen LogP contribution is 2.29. The Bertz CT molecular complexity index is 774. The fraction of sp³-hybridized carbons (Fsp3) is 0.500. The fourth-order valence-corrected chi connectivity index (χ4v) is 4.42. The van der Waals surface area contributed by atoms with E-state index in [1.54, 1.807) is 0 Å². The Balaban J connectivity index is 1.84. The number of amides is 1. The van der Waals surface area contributed by atoms with Gasteiger partial charge in [0.1, 0.15) is 0 Å². The number of carbonyl (C=O) groups excluding carboxylic acids is 2. The first-order valence-corrected chi connectivity index (χ1v) is 9.66. The summed E-state index contributed by atoms with van der Waals surface area (Å²) in [5, 5.41) is 2.35. The molecule has 2 rings (SSSR count). The van der Waals surface area contributed by atoms with Crippen LogP contribution in [0.15, 0.2) is 24.3 Å². The third-order valence-electron chi connectivity index (χ3n) is 3.94. The molecule has 1 fully saturated rings. The van der Waals surface area contributed by atoms with Gasteiger partial charge in [0.2, 0.25) is 0 Å². The molecule has 26 heavy (non-hydrogen) atoms. The van der Waals surface area contributed by atoms with Crippen LogP contribution in [0.25, 0.3) is 0 Å². The summed E-state index contributed by atoms with van der Waals surface area (Å²) in [6, 6.07) is 3.84. The van der Waals surface area contributed by atoms with Crippen LogP contribution in [0, 0.1) is 5.92 Å². The topological polar surface area (TPSA) is 89.5 Å². The van der Waals surface area contributed by atoms with E-state index in [0.29, 0.717) is 6.42 Å². The number of halogens is 3. The molecule has 0 spiro atoms. The maximum Gasteiger partial charge on any atom is 0.416 e. The number of rotatable bonds is 5. The standard InChI is InChI=1S/C16H18F3NO5S/c1-10(25-14(21)8-11-6-7-26(23,24)9-11)15(22)20-13-4-2-12(3-5-13)16(17,18)19/h2-5,10-11H,6-9H2,1H3,(H,20,22)/t10-,11-/m1/s1. The van der Waals surface area contributed by atoms with Crippen LogP contribution in [-0.2, 0) is 30.3 Å². The van der Waals surface area contributed by atoms with Gasteiger partial charge in [0, 0.05) is 12.1 Å². The van der Waals surface area contributed by atoms with Gasteiger partial charge in [-0.1, -0.05) is 0 Å². The highest BCUT2D eigenvalue weighted by molar-refractivity contribution is 7.91. The summed E-state index contributed by atoms with van der Waals surface area (Å²) < 4.78 is 65.1. The number of esters is 1. The van der Waals surface area contributed by atoms with Gasteiger partial charge in [-0.3, -0.25) is 9.59 Å². The van der Waals surface area contributed by atoms with Gasteiger partial charge in [0.15, 0.2) is 15.9 Å². The average molecular weight is 393 g/mol. The SMILES string of the molecule is C[C@@H](OC(=O)C[C@H]1CCS(=O)(=O)C1)C(=O)Nc1ccc(C(F)(F)F)cc1. The molecule has 0 unspecified atom stereocenters. The first-order chi connectivity index (χ1) is 12.0. The molecule has 1 aromatic rings. The number of nitrogens with one attached hydrogen (secondary N) is 1. The maximum absolute atomic E-state index is 12.5. The van der Waals surface area contributed by atoms with Gasteiger partial charge < -0.3 is 10.1 Å². The van der Waals surface area contributed by atoms with Crippen molar-refractivity contribution in [3.8, 4) is 0 Å². The van der Waals surface area contributed by atoms with Crippen LogP contribution in [-0.4, -0.2) is 37.9 Å². The molecule has 1 N–H and O–H groups in total. The van der Waals surface area contributed by atoms with Gasteiger partial charge in [0.25, 0.3) is 5.91 Å². The van der Waals surface area contributed by atoms with Crippen molar-refractivity contribution in [2.75, 3.05) is 16.8 Å². The number of benzene rings is 1. The number of sulfone groups is 1. The molecular weight excluding hydrogens is 375 g/mol. The van der Waals surface area contributed by atoms with E-state index in [-0.39, 0.29) is 29.5 Å². The monoisotopic (exact) mass is 393 g/mol. The van der Waals surface area contributed by atoms with E-state index < -0.39 is 39.6 Å². The first-order valence-electron chi connectivity index (χ1n) is 7.84. The Labute approximate surface area is 148 Å². The lowest BCUT2D eigenvalue weighted by molar-refractivity contribution is -0.153. The fourth-order valence-electron chi connectivity index (χ4n) is 2.55. The number of anilines is 1. The summed E-state index contributed by atoms with van der Waals surface area (Å²) in [4.78, 5) is 23.8. The Hall–Kier alpha value is -2.10. The predicted octanol–water partition coefficient (Wildman–Crippen LogP) is 2.40. The normalized spacial score (nSPS) is 20.4. The second-order valence-electron chi connectivity index (χ2n) is 6.17. The van der Waals surface area contributed by atoms with Gasteiger partial charge in [0.05, 0.1) is 17.1 Å². The Morgan fingerprint density at radius 1 is 1.27 bits per heavy atom. The zero-order chi connectivity index (χ0) is 19.5. The molecule has 0 radical (unpaired) electrons. The van der Waals surface area contributed by atoms with Gasteiger partial charge in [-0.05, 0) is 43.5 Å². The zero-order valence-corrected chi connectivity index (χ0v) is 14.7. The van der Waals surface area contributed by atoms with Crippen LogP contribution in [0.5, 0.6) is 0 Å². The van der Waals surface area contributed by atoms with Gasteiger partial charge in [-0.2, -0.15) is 13.2 Å². The highest BCUT2D eigenvalue weighted by atomic mass is 32.2. The number of ether oxygens (including phenoxy) is 1. The molecule has 1 aliphatic heterocycles. The maximum atomic E-state index is 12.5. The van der Waals surface area contributed by atoms with Crippen LogP contribution in [0.4, 0.5) is 18.9 Å². The van der Waals surface area contributed by atoms with Crippen molar-refractivity contribution in [3.05, 3.63) is 29.8 Å². The molecule has 10 heteroatoms. The van der Waals surface area contributed by atoms with E-state index in [4.69, 9.17) is 4.74 Å². The summed E-state index contributed by atoms with van der Waals surface area (Å²) >= 11 is 0. The van der Waals surface area contributed by atoms with E-state index in [0.717, 1.165) is 24.3 Å². The number of hydrogen-bond acceptors (Lipinski definition) is 5. The molecule has 1 aromatic carbocycles. The van der Waals surface area contributed by atoms with Crippen molar-refractivity contribution in [1.29, 1.82) is 0 Å². The van der Waals surface area contributed by atoms with Crippen molar-refractivity contribution in [3.63, 3.8) is 0 Å². The van der Waals surface area contributed by atoms with Crippen LogP contribution < -0.4 is 5.32 Å². The molecule has 0 aliphatic carbocycles. The van der Waals surface area contributed by atoms with Crippen molar-refractivity contribution >= 4 is 27.4 Å². The number of carbonyl (C=O) groups is 2. The lowest BCUT2D eigenvalue weighted by Gasteiger charge is -2.15. The van der Waals surface area contributed by atoms with Crippen molar-refractivity contribution in [1.82, 2.24) is 0 Å². The van der Waals surface area contributed by atoms with Crippen LogP contribution in [0.2, 0.25) is 0 Å². The summed E-state index contributed by atoms with van der Waals surface area (Å²) in [5.74, 6) is -1.75. The molecule has 0 aromatic heterocycles. The second-order valence-corrected chi connectivity index (χ2v) is 8.40. The third kappa shape index (κ3) is 5.72. The molecular formula is C16H18F3NO5S. The number of hydrogen-bond donors (Lipinski definition) is 1. The third-order valence-corrected chi connectivity index (χ3v) is 5.78. The lowest BCUT2D eigenvalue weighted by Crippen LogP contribution is -2.30. The summed E-state index contributed by atoms with van der Waals surface area (Å²) in [6.07, 6.45) is -5.36. The molecule has 2 atom stereocenters. The quantitative estimate of drug-likeness (QED) is 0.776. The van der Waals surface area contributed by atoms with Crippen molar-refractivity contribution in [2.45, 2.75) is 32.0 Å². The Kier molecular flexibility index (Phi) is 5.94. The minimum absolute atomic E-state index is 0.0366. The molecule has 1 saturated heterocycles. The number of alkyl halides is 3. The van der Waals surface area contributed by atoms with Crippen LogP contribution in [0.3, 0.4) is 0 Å². The molecule has 144 valence electrons. The Morgan fingerprint density at radius 2 is 1.88 bits per heavy atom. The largest absolute Gasteiger partial charge is 0.453 e. The minimum atomic E-state index is -4.47. The van der Waals surface area contributed by atoms with Crippen LogP contribution >= 0.6 is 0 Å². The molecule has 0 bridgehead atoms. The van der Waals surface area contributed by atoms with Crippen LogP contribution in [0.1, 0.15) is 25.3 Å². The first kappa shape index (κ1) is 20.2. The molecule has 6 nitrogen and oxygen atoms in total. The average Bonchev–Trinajstić information content (AvgIpc) is 2.85. The summed E-state index contributed by atoms with van der Waals surface area (Å²) in [6.45, 7) is 1.32. The van der Waals surface area contributed by atoms with E-state index in [1.807, 2.05) is 0 Å². The van der Waals surface area contributed by atoms with Crippen molar-refractivity contribution < 1.29 is 35.9 Å². The summed E-state index contributed by atoms with van der Waals surface area (Å²) in [7, 11) is -3.11. The Morgan fingerprint density at radius 3 is 2.38 bits per heavy atom. The zero-order valence-electron chi connectivity index (χ0n) is 13.9. The molecule has 0 saturated carbocycles. The van der Waals surface area contributed by atoms with E-state index in [9.17, 15) is 31.2 Å². The predicted molar refractivity (Wildman–Crippen MR) is 87.0 cm³/mol.